The predicted octanol–water partition coefficient (Wildman–Crippen LogP) is 2.94. The van der Waals surface area contributed by atoms with Gasteiger partial charge in [0.2, 0.25) is 11.7 Å². The Hall–Kier alpha value is -1.76. The minimum absolute atomic E-state index is 0.147. The fourth-order valence-electron chi connectivity index (χ4n) is 4.08. The zero-order chi connectivity index (χ0) is 18.0. The molecule has 1 saturated heterocycles. The van der Waals surface area contributed by atoms with Crippen molar-refractivity contribution in [3.05, 3.63) is 35.7 Å². The summed E-state index contributed by atoms with van der Waals surface area (Å²) in [6, 6.07) is 8.42. The summed E-state index contributed by atoms with van der Waals surface area (Å²) in [4.78, 5) is 7.11. The zero-order valence-corrected chi connectivity index (χ0v) is 15.5. The van der Waals surface area contributed by atoms with Crippen LogP contribution in [0.2, 0.25) is 0 Å². The molecule has 2 aromatic rings. The normalized spacial score (nSPS) is 27.5. The monoisotopic (exact) mass is 356 g/mol. The molecule has 6 heteroatoms. The van der Waals surface area contributed by atoms with Crippen LogP contribution in [0.5, 0.6) is 0 Å². The van der Waals surface area contributed by atoms with Gasteiger partial charge in [0.1, 0.15) is 0 Å². The molecule has 1 saturated carbocycles. The van der Waals surface area contributed by atoms with E-state index in [0.29, 0.717) is 11.7 Å². The van der Waals surface area contributed by atoms with Gasteiger partial charge in [-0.3, -0.25) is 4.90 Å². The van der Waals surface area contributed by atoms with Gasteiger partial charge >= 0.3 is 0 Å². The van der Waals surface area contributed by atoms with E-state index in [-0.39, 0.29) is 11.5 Å². The van der Waals surface area contributed by atoms with Gasteiger partial charge in [-0.25, -0.2) is 0 Å². The fourth-order valence-corrected chi connectivity index (χ4v) is 4.08. The van der Waals surface area contributed by atoms with Crippen LogP contribution < -0.4 is 5.73 Å². The molecule has 0 radical (unpaired) electrons. The molecule has 2 unspecified atom stereocenters. The molecular formula is C20H28N4O2. The maximum absolute atomic E-state index is 6.49. The van der Waals surface area contributed by atoms with Crippen molar-refractivity contribution in [3.63, 3.8) is 0 Å². The Balaban J connectivity index is 1.51. The van der Waals surface area contributed by atoms with Crippen molar-refractivity contribution in [2.45, 2.75) is 50.6 Å². The van der Waals surface area contributed by atoms with Gasteiger partial charge in [-0.1, -0.05) is 36.2 Å². The van der Waals surface area contributed by atoms with Gasteiger partial charge in [0.05, 0.1) is 19.1 Å². The Labute approximate surface area is 154 Å². The Morgan fingerprint density at radius 2 is 2.12 bits per heavy atom. The van der Waals surface area contributed by atoms with E-state index in [1.54, 1.807) is 0 Å². The van der Waals surface area contributed by atoms with Crippen molar-refractivity contribution in [3.8, 4) is 11.4 Å². The molecule has 2 atom stereocenters. The first-order valence-electron chi connectivity index (χ1n) is 9.64. The summed E-state index contributed by atoms with van der Waals surface area (Å²) in [5, 5.41) is 4.24. The summed E-state index contributed by atoms with van der Waals surface area (Å²) in [7, 11) is 0. The Morgan fingerprint density at radius 1 is 1.27 bits per heavy atom. The third-order valence-corrected chi connectivity index (χ3v) is 5.69. The first-order chi connectivity index (χ1) is 12.6. The van der Waals surface area contributed by atoms with Crippen LogP contribution in [0.3, 0.4) is 0 Å². The lowest BCUT2D eigenvalue weighted by Crippen LogP contribution is -2.44. The van der Waals surface area contributed by atoms with Gasteiger partial charge < -0.3 is 15.0 Å². The van der Waals surface area contributed by atoms with Gasteiger partial charge in [0, 0.05) is 30.7 Å². The van der Waals surface area contributed by atoms with E-state index in [9.17, 15) is 0 Å². The van der Waals surface area contributed by atoms with Gasteiger partial charge in [-0.05, 0) is 31.4 Å². The van der Waals surface area contributed by atoms with Gasteiger partial charge in [-0.2, -0.15) is 4.98 Å². The van der Waals surface area contributed by atoms with Crippen molar-refractivity contribution < 1.29 is 9.26 Å². The topological polar surface area (TPSA) is 77.4 Å². The second-order valence-corrected chi connectivity index (χ2v) is 7.85. The van der Waals surface area contributed by atoms with Crippen molar-refractivity contribution in [1.29, 1.82) is 0 Å². The molecule has 2 aliphatic rings. The van der Waals surface area contributed by atoms with Crippen molar-refractivity contribution >= 4 is 0 Å². The number of ether oxygens (including phenoxy) is 1. The minimum atomic E-state index is -0.264. The van der Waals surface area contributed by atoms with E-state index >= 15 is 0 Å². The van der Waals surface area contributed by atoms with Crippen LogP contribution in [-0.4, -0.2) is 46.9 Å². The quantitative estimate of drug-likeness (QED) is 0.907. The molecule has 26 heavy (non-hydrogen) atoms. The molecule has 4 rings (SSSR count). The number of aromatic nitrogens is 2. The third kappa shape index (κ3) is 3.82. The van der Waals surface area contributed by atoms with Crippen LogP contribution in [0.1, 0.15) is 50.0 Å². The molecule has 2 N–H and O–H groups in total. The van der Waals surface area contributed by atoms with Gasteiger partial charge in [0.25, 0.3) is 0 Å². The average molecular weight is 356 g/mol. The lowest BCUT2D eigenvalue weighted by Gasteiger charge is -2.35. The molecule has 1 aromatic heterocycles. The standard InChI is InChI=1S/C20H28N4O2/c1-20(21)8-3-2-7-17(20)19-22-18(23-26-19)16-6-4-5-15(13-16)14-24-9-11-25-12-10-24/h4-6,13,17H,2-3,7-12,14,21H2,1H3. The molecule has 0 bridgehead atoms. The fraction of sp³-hybridized carbons (Fsp3) is 0.600. The van der Waals surface area contributed by atoms with Crippen LogP contribution in [0, 0.1) is 0 Å². The Morgan fingerprint density at radius 3 is 2.92 bits per heavy atom. The van der Waals surface area contributed by atoms with Crippen LogP contribution in [-0.2, 0) is 11.3 Å². The Bertz CT molecular complexity index is 737. The molecule has 140 valence electrons. The predicted molar refractivity (Wildman–Crippen MR) is 99.6 cm³/mol. The summed E-state index contributed by atoms with van der Waals surface area (Å²) in [6.07, 6.45) is 4.37. The molecule has 1 aromatic carbocycles. The van der Waals surface area contributed by atoms with E-state index < -0.39 is 0 Å². The van der Waals surface area contributed by atoms with E-state index in [1.807, 2.05) is 6.07 Å². The van der Waals surface area contributed by atoms with E-state index in [1.165, 1.54) is 18.4 Å². The van der Waals surface area contributed by atoms with Crippen molar-refractivity contribution in [2.75, 3.05) is 26.3 Å². The first kappa shape index (κ1) is 17.6. The molecule has 1 aliphatic heterocycles. The highest BCUT2D eigenvalue weighted by Gasteiger charge is 2.37. The smallest absolute Gasteiger partial charge is 0.231 e. The van der Waals surface area contributed by atoms with Crippen LogP contribution in [0.25, 0.3) is 11.4 Å². The molecule has 1 aliphatic carbocycles. The third-order valence-electron chi connectivity index (χ3n) is 5.69. The van der Waals surface area contributed by atoms with Crippen LogP contribution >= 0.6 is 0 Å². The van der Waals surface area contributed by atoms with Crippen molar-refractivity contribution in [2.24, 2.45) is 5.73 Å². The molecular weight excluding hydrogens is 328 g/mol. The molecule has 2 heterocycles. The SMILES string of the molecule is CC1(N)CCCCC1c1nc(-c2cccc(CN3CCOCC3)c2)no1. The number of hydrogen-bond acceptors (Lipinski definition) is 6. The maximum atomic E-state index is 6.49. The first-order valence-corrected chi connectivity index (χ1v) is 9.64. The zero-order valence-electron chi connectivity index (χ0n) is 15.5. The van der Waals surface area contributed by atoms with Crippen LogP contribution in [0.15, 0.2) is 28.8 Å². The number of rotatable bonds is 4. The van der Waals surface area contributed by atoms with Crippen LogP contribution in [0.4, 0.5) is 0 Å². The maximum Gasteiger partial charge on any atom is 0.231 e. The summed E-state index contributed by atoms with van der Waals surface area (Å²) in [5.74, 6) is 1.49. The lowest BCUT2D eigenvalue weighted by molar-refractivity contribution is 0.0342. The number of nitrogens with two attached hydrogens (primary N) is 1. The largest absolute Gasteiger partial charge is 0.379 e. The van der Waals surface area contributed by atoms with Gasteiger partial charge in [0.15, 0.2) is 0 Å². The summed E-state index contributed by atoms with van der Waals surface area (Å²) < 4.78 is 11.0. The second-order valence-electron chi connectivity index (χ2n) is 7.85. The van der Waals surface area contributed by atoms with E-state index in [0.717, 1.165) is 51.3 Å². The minimum Gasteiger partial charge on any atom is -0.379 e. The Kier molecular flexibility index (Phi) is 5.07. The van der Waals surface area contributed by atoms with E-state index in [2.05, 4.69) is 35.2 Å². The number of hydrogen-bond donors (Lipinski definition) is 1. The average Bonchev–Trinajstić information content (AvgIpc) is 3.12. The van der Waals surface area contributed by atoms with E-state index in [4.69, 9.17) is 20.0 Å². The van der Waals surface area contributed by atoms with Crippen molar-refractivity contribution in [1.82, 2.24) is 15.0 Å². The highest BCUT2D eigenvalue weighted by Crippen LogP contribution is 2.38. The second kappa shape index (κ2) is 7.47. The number of benzene rings is 1. The highest BCUT2D eigenvalue weighted by atomic mass is 16.5. The molecule has 2 fully saturated rings. The molecule has 0 amide bonds. The molecule has 0 spiro atoms. The molecule has 6 nitrogen and oxygen atoms in total. The highest BCUT2D eigenvalue weighted by molar-refractivity contribution is 5.55. The summed E-state index contributed by atoms with van der Waals surface area (Å²) in [5.41, 5.74) is 8.48. The number of morpholine rings is 1. The summed E-state index contributed by atoms with van der Waals surface area (Å²) in [6.45, 7) is 6.61. The lowest BCUT2D eigenvalue weighted by atomic mass is 9.74. The number of nitrogens with zero attached hydrogens (tertiary/aromatic N) is 3. The van der Waals surface area contributed by atoms with Gasteiger partial charge in [-0.15, -0.1) is 0 Å². The summed E-state index contributed by atoms with van der Waals surface area (Å²) >= 11 is 0.